The second-order valence-corrected chi connectivity index (χ2v) is 8.51. The molecule has 1 N–H and O–H groups in total. The highest BCUT2D eigenvalue weighted by Crippen LogP contribution is 2.27. The number of anilines is 1. The lowest BCUT2D eigenvalue weighted by atomic mass is 9.98. The number of hydrogen-bond donors (Lipinski definition) is 1. The zero-order chi connectivity index (χ0) is 18.7. The molecular formula is C17H25F2IN4O2S. The van der Waals surface area contributed by atoms with E-state index in [1.807, 2.05) is 12.1 Å². The van der Waals surface area contributed by atoms with Gasteiger partial charge < -0.3 is 10.2 Å². The third-order valence-electron chi connectivity index (χ3n) is 5.06. The number of aliphatic imine (C=N–C) groups is 1. The van der Waals surface area contributed by atoms with Crippen molar-refractivity contribution in [1.82, 2.24) is 9.62 Å². The van der Waals surface area contributed by atoms with Crippen LogP contribution in [0.2, 0.25) is 0 Å². The Hall–Kier alpha value is -1.01. The van der Waals surface area contributed by atoms with E-state index < -0.39 is 15.8 Å². The van der Waals surface area contributed by atoms with Gasteiger partial charge in [0.1, 0.15) is 0 Å². The van der Waals surface area contributed by atoms with E-state index in [1.54, 1.807) is 7.05 Å². The molecule has 1 saturated heterocycles. The van der Waals surface area contributed by atoms with Crippen LogP contribution in [0.1, 0.15) is 18.4 Å². The molecule has 1 fully saturated rings. The predicted octanol–water partition coefficient (Wildman–Crippen LogP) is 2.51. The molecule has 0 spiro atoms. The first-order chi connectivity index (χ1) is 12.4. The molecule has 0 amide bonds. The van der Waals surface area contributed by atoms with Gasteiger partial charge in [-0.2, -0.15) is 13.1 Å². The van der Waals surface area contributed by atoms with Crippen molar-refractivity contribution in [2.24, 2.45) is 10.9 Å². The maximum absolute atomic E-state index is 12.6. The fourth-order valence-corrected chi connectivity index (χ4v) is 4.51. The maximum Gasteiger partial charge on any atom is 0.350 e. The zero-order valence-electron chi connectivity index (χ0n) is 15.1. The Morgan fingerprint density at radius 3 is 2.56 bits per heavy atom. The van der Waals surface area contributed by atoms with Crippen molar-refractivity contribution in [2.45, 2.75) is 25.0 Å². The third kappa shape index (κ3) is 4.89. The molecule has 2 aliphatic rings. The van der Waals surface area contributed by atoms with Crippen LogP contribution >= 0.6 is 24.0 Å². The van der Waals surface area contributed by atoms with Crippen LogP contribution < -0.4 is 10.2 Å². The Morgan fingerprint density at radius 1 is 1.26 bits per heavy atom. The molecule has 27 heavy (non-hydrogen) atoms. The van der Waals surface area contributed by atoms with Crippen molar-refractivity contribution in [3.8, 4) is 0 Å². The number of benzene rings is 1. The summed E-state index contributed by atoms with van der Waals surface area (Å²) in [5, 5.41) is 3.36. The smallest absolute Gasteiger partial charge is 0.350 e. The van der Waals surface area contributed by atoms with Gasteiger partial charge in [0.15, 0.2) is 5.96 Å². The minimum absolute atomic E-state index is 0. The number of rotatable bonds is 4. The van der Waals surface area contributed by atoms with Crippen LogP contribution in [0, 0.1) is 5.92 Å². The van der Waals surface area contributed by atoms with E-state index >= 15 is 0 Å². The summed E-state index contributed by atoms with van der Waals surface area (Å²) in [6.07, 6.45) is 2.10. The number of para-hydroxylation sites is 1. The van der Waals surface area contributed by atoms with E-state index in [0.29, 0.717) is 19.4 Å². The van der Waals surface area contributed by atoms with Gasteiger partial charge >= 0.3 is 5.76 Å². The van der Waals surface area contributed by atoms with Gasteiger partial charge in [-0.25, -0.2) is 8.42 Å². The topological polar surface area (TPSA) is 65.0 Å². The van der Waals surface area contributed by atoms with Crippen LogP contribution in [-0.4, -0.2) is 57.7 Å². The van der Waals surface area contributed by atoms with Crippen molar-refractivity contribution < 1.29 is 17.2 Å². The lowest BCUT2D eigenvalue weighted by molar-refractivity contribution is 0.204. The van der Waals surface area contributed by atoms with Crippen molar-refractivity contribution in [3.05, 3.63) is 29.8 Å². The third-order valence-corrected chi connectivity index (χ3v) is 6.60. The van der Waals surface area contributed by atoms with Crippen LogP contribution in [0.4, 0.5) is 14.5 Å². The van der Waals surface area contributed by atoms with Crippen LogP contribution in [0.3, 0.4) is 0 Å². The molecule has 6 nitrogen and oxygen atoms in total. The summed E-state index contributed by atoms with van der Waals surface area (Å²) in [7, 11) is -2.72. The average Bonchev–Trinajstić information content (AvgIpc) is 3.07. The molecule has 0 radical (unpaired) electrons. The molecular weight excluding hydrogens is 489 g/mol. The Labute approximate surface area is 176 Å². The normalized spacial score (nSPS) is 19.1. The first kappa shape index (κ1) is 22.3. The zero-order valence-corrected chi connectivity index (χ0v) is 18.3. The number of nitrogens with one attached hydrogen (secondary N) is 1. The van der Waals surface area contributed by atoms with Gasteiger partial charge in [-0.15, -0.1) is 24.0 Å². The lowest BCUT2D eigenvalue weighted by Gasteiger charge is -2.32. The van der Waals surface area contributed by atoms with E-state index in [2.05, 4.69) is 27.3 Å². The molecule has 0 atom stereocenters. The molecule has 0 bridgehead atoms. The number of alkyl halides is 2. The molecule has 1 aromatic rings. The Balaban J connectivity index is 0.00000261. The first-order valence-electron chi connectivity index (χ1n) is 8.76. The minimum atomic E-state index is -4.46. The monoisotopic (exact) mass is 514 g/mol. The summed E-state index contributed by atoms with van der Waals surface area (Å²) in [5.74, 6) is -2.32. The van der Waals surface area contributed by atoms with Crippen molar-refractivity contribution in [2.75, 3.05) is 38.1 Å². The molecule has 0 aromatic heterocycles. The number of hydrogen-bond acceptors (Lipinski definition) is 3. The minimum Gasteiger partial charge on any atom is -0.356 e. The molecule has 2 heterocycles. The molecule has 1 aromatic carbocycles. The molecule has 0 saturated carbocycles. The number of guanidine groups is 1. The molecule has 10 heteroatoms. The highest BCUT2D eigenvalue weighted by molar-refractivity contribution is 14.0. The fraction of sp³-hybridized carbons (Fsp3) is 0.588. The standard InChI is InChI=1S/C17H24F2N4O2S.HI/c1-20-17(23-11-8-14-4-2-3-5-15(14)23)21-12-13-6-9-22(10-7-13)26(24,25)16(18)19;/h2-5,13,16H,6-12H2,1H3,(H,20,21);1H. The number of fused-ring (bicyclic) bond motifs is 1. The van der Waals surface area contributed by atoms with E-state index in [4.69, 9.17) is 0 Å². The summed E-state index contributed by atoms with van der Waals surface area (Å²) in [5.41, 5.74) is 2.44. The molecule has 0 aliphatic carbocycles. The van der Waals surface area contributed by atoms with Crippen LogP contribution in [-0.2, 0) is 16.4 Å². The Bertz CT molecular complexity index is 768. The summed E-state index contributed by atoms with van der Waals surface area (Å²) in [6, 6.07) is 8.22. The van der Waals surface area contributed by atoms with E-state index in [1.165, 1.54) is 5.56 Å². The van der Waals surface area contributed by atoms with Gasteiger partial charge in [-0.3, -0.25) is 4.99 Å². The SMILES string of the molecule is CN=C(NCC1CCN(S(=O)(=O)C(F)F)CC1)N1CCc2ccccc21.I. The van der Waals surface area contributed by atoms with Crippen molar-refractivity contribution in [3.63, 3.8) is 0 Å². The van der Waals surface area contributed by atoms with E-state index in [9.17, 15) is 17.2 Å². The van der Waals surface area contributed by atoms with Crippen LogP contribution in [0.15, 0.2) is 29.3 Å². The molecule has 0 unspecified atom stereocenters. The second kappa shape index (κ2) is 9.46. The maximum atomic E-state index is 12.6. The summed E-state index contributed by atoms with van der Waals surface area (Å²) < 4.78 is 49.2. The summed E-state index contributed by atoms with van der Waals surface area (Å²) in [4.78, 5) is 6.50. The van der Waals surface area contributed by atoms with Gasteiger partial charge in [-0.05, 0) is 36.8 Å². The van der Waals surface area contributed by atoms with Gasteiger partial charge in [-0.1, -0.05) is 18.2 Å². The highest BCUT2D eigenvalue weighted by atomic mass is 127. The lowest BCUT2D eigenvalue weighted by Crippen LogP contribution is -2.46. The Morgan fingerprint density at radius 2 is 1.93 bits per heavy atom. The fourth-order valence-electron chi connectivity index (χ4n) is 3.57. The van der Waals surface area contributed by atoms with E-state index in [-0.39, 0.29) is 43.0 Å². The average molecular weight is 514 g/mol. The van der Waals surface area contributed by atoms with Crippen molar-refractivity contribution in [1.29, 1.82) is 0 Å². The van der Waals surface area contributed by atoms with E-state index in [0.717, 1.165) is 28.9 Å². The summed E-state index contributed by atoms with van der Waals surface area (Å²) >= 11 is 0. The first-order valence-corrected chi connectivity index (χ1v) is 10.3. The van der Waals surface area contributed by atoms with Crippen LogP contribution in [0.25, 0.3) is 0 Å². The highest BCUT2D eigenvalue weighted by Gasteiger charge is 2.34. The number of piperidine rings is 1. The largest absolute Gasteiger partial charge is 0.356 e. The van der Waals surface area contributed by atoms with Crippen LogP contribution in [0.5, 0.6) is 0 Å². The number of nitrogens with zero attached hydrogens (tertiary/aromatic N) is 3. The van der Waals surface area contributed by atoms with Gasteiger partial charge in [0.25, 0.3) is 10.0 Å². The number of sulfonamides is 1. The van der Waals surface area contributed by atoms with Gasteiger partial charge in [0.2, 0.25) is 0 Å². The quantitative estimate of drug-likeness (QED) is 0.381. The molecule has 2 aliphatic heterocycles. The van der Waals surface area contributed by atoms with Crippen molar-refractivity contribution >= 4 is 45.6 Å². The molecule has 152 valence electrons. The predicted molar refractivity (Wildman–Crippen MR) is 113 cm³/mol. The summed E-state index contributed by atoms with van der Waals surface area (Å²) in [6.45, 7) is 1.80. The number of halogens is 3. The molecule has 3 rings (SSSR count). The second-order valence-electron chi connectivity index (χ2n) is 6.61. The van der Waals surface area contributed by atoms with Gasteiger partial charge in [0, 0.05) is 38.9 Å². The van der Waals surface area contributed by atoms with Gasteiger partial charge in [0.05, 0.1) is 0 Å². The Kier molecular flexibility index (Phi) is 7.81.